The number of nitrogens with one attached hydrogen (secondary N) is 2. The van der Waals surface area contributed by atoms with Gasteiger partial charge in [-0.05, 0) is 63.4 Å². The van der Waals surface area contributed by atoms with Gasteiger partial charge in [-0.25, -0.2) is 24.5 Å². The van der Waals surface area contributed by atoms with Crippen LogP contribution in [-0.4, -0.2) is 54.5 Å². The Morgan fingerprint density at radius 3 is 2.40 bits per heavy atom. The van der Waals surface area contributed by atoms with Crippen LogP contribution in [0.4, 0.5) is 21.2 Å². The normalized spacial score (nSPS) is 14.5. The average Bonchev–Trinajstić information content (AvgIpc) is 3.70. The summed E-state index contributed by atoms with van der Waals surface area (Å²) in [5.74, 6) is 0.966. The Hall–Kier alpha value is -5.78. The standard InChI is InChI=1S/C35H35N7O5/c1-35(2,3)47-33(44)40-30-29-28(24-14-16-25(17-15-24)32(43)38-27-13-7-8-18-36-27)39-31(42(29)21-19-37-30)26-12-9-20-41(26)34(45)46-22-23-10-5-4-6-11-23/h4-8,10-11,13-19,21,26H,9,12,20,22H2,1-3H3,(H,36,38,43)(H,37,40,44)/t26-/m0/s1. The molecule has 3 aromatic heterocycles. The van der Waals surface area contributed by atoms with Gasteiger partial charge in [0.1, 0.15) is 35.1 Å². The predicted octanol–water partition coefficient (Wildman–Crippen LogP) is 6.86. The first-order valence-electron chi connectivity index (χ1n) is 15.3. The smallest absolute Gasteiger partial charge is 0.413 e. The monoisotopic (exact) mass is 633 g/mol. The predicted molar refractivity (Wildman–Crippen MR) is 176 cm³/mol. The number of imidazole rings is 1. The zero-order valence-corrected chi connectivity index (χ0v) is 26.3. The molecule has 2 aromatic carbocycles. The van der Waals surface area contributed by atoms with E-state index in [1.54, 1.807) is 86.7 Å². The van der Waals surface area contributed by atoms with Gasteiger partial charge in [0.05, 0.1) is 6.04 Å². The first-order chi connectivity index (χ1) is 22.7. The molecule has 0 radical (unpaired) electrons. The third-order valence-corrected chi connectivity index (χ3v) is 7.52. The van der Waals surface area contributed by atoms with Crippen LogP contribution in [0.2, 0.25) is 0 Å². The van der Waals surface area contributed by atoms with Gasteiger partial charge in [0.15, 0.2) is 5.82 Å². The van der Waals surface area contributed by atoms with E-state index in [1.807, 2.05) is 34.7 Å². The summed E-state index contributed by atoms with van der Waals surface area (Å²) in [5.41, 5.74) is 2.31. The number of amides is 3. The van der Waals surface area contributed by atoms with Crippen molar-refractivity contribution in [3.63, 3.8) is 0 Å². The number of anilines is 2. The van der Waals surface area contributed by atoms with Crippen molar-refractivity contribution >= 4 is 35.2 Å². The van der Waals surface area contributed by atoms with Crippen molar-refractivity contribution in [1.82, 2.24) is 24.3 Å². The van der Waals surface area contributed by atoms with E-state index >= 15 is 0 Å². The Labute approximate surface area is 271 Å². The molecular weight excluding hydrogens is 598 g/mol. The van der Waals surface area contributed by atoms with Gasteiger partial charge < -0.3 is 14.8 Å². The summed E-state index contributed by atoms with van der Waals surface area (Å²) < 4.78 is 13.0. The SMILES string of the molecule is CC(C)(C)OC(=O)Nc1nccn2c([C@@H]3CCCN3C(=O)OCc3ccccc3)nc(-c3ccc(C(=O)Nc4ccccn4)cc3)c12. The number of benzene rings is 2. The number of likely N-dealkylation sites (tertiary alicyclic amines) is 1. The highest BCUT2D eigenvalue weighted by molar-refractivity contribution is 6.04. The topological polar surface area (TPSA) is 140 Å². The Morgan fingerprint density at radius 2 is 1.68 bits per heavy atom. The van der Waals surface area contributed by atoms with E-state index in [0.29, 0.717) is 46.9 Å². The quantitative estimate of drug-likeness (QED) is 0.198. The van der Waals surface area contributed by atoms with Crippen LogP contribution in [0.5, 0.6) is 0 Å². The molecule has 12 nitrogen and oxygen atoms in total. The molecule has 47 heavy (non-hydrogen) atoms. The van der Waals surface area contributed by atoms with Crippen molar-refractivity contribution in [3.05, 3.63) is 108 Å². The Balaban J connectivity index is 1.34. The molecule has 12 heteroatoms. The van der Waals surface area contributed by atoms with Crippen molar-refractivity contribution in [2.75, 3.05) is 17.2 Å². The highest BCUT2D eigenvalue weighted by atomic mass is 16.6. The zero-order valence-electron chi connectivity index (χ0n) is 26.3. The number of aromatic nitrogens is 4. The van der Waals surface area contributed by atoms with E-state index in [0.717, 1.165) is 12.0 Å². The molecule has 0 spiro atoms. The van der Waals surface area contributed by atoms with E-state index < -0.39 is 17.8 Å². The van der Waals surface area contributed by atoms with Crippen molar-refractivity contribution in [3.8, 4) is 11.3 Å². The van der Waals surface area contributed by atoms with E-state index in [-0.39, 0.29) is 24.4 Å². The molecule has 4 heterocycles. The molecule has 2 N–H and O–H groups in total. The maximum Gasteiger partial charge on any atom is 0.413 e. The van der Waals surface area contributed by atoms with Gasteiger partial charge in [0.25, 0.3) is 5.91 Å². The fourth-order valence-electron chi connectivity index (χ4n) is 5.45. The van der Waals surface area contributed by atoms with Crippen molar-refractivity contribution in [1.29, 1.82) is 0 Å². The number of pyridine rings is 1. The summed E-state index contributed by atoms with van der Waals surface area (Å²) in [6, 6.07) is 21.4. The lowest BCUT2D eigenvalue weighted by molar-refractivity contribution is 0.0635. The molecule has 1 aliphatic heterocycles. The molecular formula is C35H35N7O5. The molecule has 6 rings (SSSR count). The molecule has 1 atom stereocenters. The Kier molecular flexibility index (Phi) is 8.83. The minimum absolute atomic E-state index is 0.157. The van der Waals surface area contributed by atoms with Crippen LogP contribution in [0.25, 0.3) is 16.8 Å². The van der Waals surface area contributed by atoms with Gasteiger partial charge in [0.2, 0.25) is 0 Å². The van der Waals surface area contributed by atoms with Crippen LogP contribution >= 0.6 is 0 Å². The van der Waals surface area contributed by atoms with Gasteiger partial charge in [0, 0.05) is 36.3 Å². The van der Waals surface area contributed by atoms with Crippen molar-refractivity contribution in [2.24, 2.45) is 0 Å². The highest BCUT2D eigenvalue weighted by Crippen LogP contribution is 2.37. The molecule has 0 aliphatic carbocycles. The molecule has 1 saturated heterocycles. The van der Waals surface area contributed by atoms with Crippen molar-refractivity contribution < 1.29 is 23.9 Å². The van der Waals surface area contributed by atoms with Crippen LogP contribution in [0.1, 0.15) is 61.4 Å². The minimum atomic E-state index is -0.723. The number of fused-ring (bicyclic) bond motifs is 1. The lowest BCUT2D eigenvalue weighted by atomic mass is 10.1. The number of carbonyl (C=O) groups excluding carboxylic acids is 3. The van der Waals surface area contributed by atoms with Crippen molar-refractivity contribution in [2.45, 2.75) is 51.9 Å². The van der Waals surface area contributed by atoms with Gasteiger partial charge in [-0.1, -0.05) is 48.5 Å². The van der Waals surface area contributed by atoms with Gasteiger partial charge in [-0.2, -0.15) is 0 Å². The summed E-state index contributed by atoms with van der Waals surface area (Å²) in [6.45, 7) is 6.00. The van der Waals surface area contributed by atoms with E-state index in [1.165, 1.54) is 0 Å². The minimum Gasteiger partial charge on any atom is -0.445 e. The van der Waals surface area contributed by atoms with Gasteiger partial charge in [-0.15, -0.1) is 0 Å². The molecule has 240 valence electrons. The number of ether oxygens (including phenoxy) is 2. The lowest BCUT2D eigenvalue weighted by Crippen LogP contribution is -2.32. The Morgan fingerprint density at radius 1 is 0.915 bits per heavy atom. The number of carbonyl (C=O) groups is 3. The third-order valence-electron chi connectivity index (χ3n) is 7.52. The highest BCUT2D eigenvalue weighted by Gasteiger charge is 2.35. The second-order valence-electron chi connectivity index (χ2n) is 12.1. The average molecular weight is 634 g/mol. The van der Waals surface area contributed by atoms with Gasteiger partial charge in [-0.3, -0.25) is 19.4 Å². The van der Waals surface area contributed by atoms with E-state index in [4.69, 9.17) is 14.5 Å². The van der Waals surface area contributed by atoms with E-state index in [2.05, 4.69) is 20.6 Å². The van der Waals surface area contributed by atoms with Crippen LogP contribution < -0.4 is 10.6 Å². The molecule has 5 aromatic rings. The molecule has 0 unspecified atom stereocenters. The molecule has 3 amide bonds. The lowest BCUT2D eigenvalue weighted by Gasteiger charge is -2.23. The molecule has 0 bridgehead atoms. The number of hydrogen-bond donors (Lipinski definition) is 2. The van der Waals surface area contributed by atoms with Crippen LogP contribution in [0.15, 0.2) is 91.4 Å². The fourth-order valence-corrected chi connectivity index (χ4v) is 5.45. The molecule has 0 saturated carbocycles. The number of hydrogen-bond acceptors (Lipinski definition) is 8. The van der Waals surface area contributed by atoms with Crippen LogP contribution in [0.3, 0.4) is 0 Å². The summed E-state index contributed by atoms with van der Waals surface area (Å²) in [5, 5.41) is 5.56. The fraction of sp³-hybridized carbons (Fsp3) is 0.257. The molecule has 1 aliphatic rings. The van der Waals surface area contributed by atoms with Crippen LogP contribution in [-0.2, 0) is 16.1 Å². The van der Waals surface area contributed by atoms with E-state index in [9.17, 15) is 14.4 Å². The first kappa shape index (κ1) is 31.2. The number of rotatable bonds is 7. The summed E-state index contributed by atoms with van der Waals surface area (Å²) in [6.07, 6.45) is 5.26. The Bertz CT molecular complexity index is 1890. The largest absolute Gasteiger partial charge is 0.445 e. The summed E-state index contributed by atoms with van der Waals surface area (Å²) in [7, 11) is 0. The first-order valence-corrected chi connectivity index (χ1v) is 15.3. The third kappa shape index (κ3) is 7.22. The van der Waals surface area contributed by atoms with Gasteiger partial charge >= 0.3 is 12.2 Å². The maximum atomic E-state index is 13.3. The summed E-state index contributed by atoms with van der Waals surface area (Å²) in [4.78, 5) is 54.4. The zero-order chi connectivity index (χ0) is 33.0. The van der Waals surface area contributed by atoms with Crippen LogP contribution in [0, 0.1) is 0 Å². The second kappa shape index (κ2) is 13.3. The summed E-state index contributed by atoms with van der Waals surface area (Å²) >= 11 is 0. The number of nitrogens with zero attached hydrogens (tertiary/aromatic N) is 5. The molecule has 1 fully saturated rings. The second-order valence-corrected chi connectivity index (χ2v) is 12.1. The maximum absolute atomic E-state index is 13.3.